The highest BCUT2D eigenvalue weighted by Gasteiger charge is 2.29. The second kappa shape index (κ2) is 8.63. The summed E-state index contributed by atoms with van der Waals surface area (Å²) >= 11 is 6.20. The van der Waals surface area contributed by atoms with Crippen LogP contribution in [0.4, 0.5) is 17.6 Å². The van der Waals surface area contributed by atoms with Gasteiger partial charge in [-0.25, -0.2) is 9.97 Å². The Morgan fingerprint density at radius 3 is 2.65 bits per heavy atom. The number of nitrogens with zero attached hydrogens (tertiary/aromatic N) is 4. The molecule has 2 aliphatic rings. The van der Waals surface area contributed by atoms with Crippen molar-refractivity contribution in [3.05, 3.63) is 35.5 Å². The number of fused-ring (bicyclic) bond motifs is 1. The standard InChI is InChI=1S/C23H30ClN7/c1-14-5-10-19(14)28-22-26-13-20-21(30-22)31(18-8-6-15(12-25)7-9-18)23(29-20)27-17-4-2-3-16(24)11-17/h2-4,11,13-15,18-19H,5-10,12,25H2,1H3,(H,27,29)(H,26,28,30)/t14?,15-,18-,19?. The van der Waals surface area contributed by atoms with Crippen LogP contribution in [-0.2, 0) is 0 Å². The Morgan fingerprint density at radius 1 is 1.13 bits per heavy atom. The monoisotopic (exact) mass is 439 g/mol. The van der Waals surface area contributed by atoms with Crippen LogP contribution in [0.2, 0.25) is 5.02 Å². The second-order valence-electron chi connectivity index (χ2n) is 9.06. The lowest BCUT2D eigenvalue weighted by atomic mass is 9.81. The first-order valence-electron chi connectivity index (χ1n) is 11.3. The van der Waals surface area contributed by atoms with Gasteiger partial charge in [-0.2, -0.15) is 4.98 Å². The number of hydrogen-bond donors (Lipinski definition) is 3. The van der Waals surface area contributed by atoms with Gasteiger partial charge >= 0.3 is 0 Å². The summed E-state index contributed by atoms with van der Waals surface area (Å²) in [5.74, 6) is 2.75. The molecule has 2 heterocycles. The van der Waals surface area contributed by atoms with Gasteiger partial charge in [0.05, 0.1) is 6.20 Å². The van der Waals surface area contributed by atoms with Crippen molar-refractivity contribution in [2.45, 2.75) is 57.5 Å². The van der Waals surface area contributed by atoms with Crippen molar-refractivity contribution in [1.82, 2.24) is 19.5 Å². The molecule has 3 aromatic rings. The number of halogens is 1. The highest BCUT2D eigenvalue weighted by atomic mass is 35.5. The first kappa shape index (κ1) is 20.5. The van der Waals surface area contributed by atoms with Crippen molar-refractivity contribution in [2.75, 3.05) is 17.2 Å². The van der Waals surface area contributed by atoms with E-state index >= 15 is 0 Å². The smallest absolute Gasteiger partial charge is 0.224 e. The van der Waals surface area contributed by atoms with Gasteiger partial charge in [0.1, 0.15) is 5.52 Å². The Kier molecular flexibility index (Phi) is 5.71. The fraction of sp³-hybridized carbons (Fsp3) is 0.522. The van der Waals surface area contributed by atoms with Gasteiger partial charge in [-0.05, 0) is 75.1 Å². The minimum absolute atomic E-state index is 0.333. The van der Waals surface area contributed by atoms with Gasteiger partial charge in [-0.15, -0.1) is 0 Å². The molecule has 2 atom stereocenters. The number of anilines is 3. The number of rotatable bonds is 6. The van der Waals surface area contributed by atoms with Gasteiger partial charge in [0.15, 0.2) is 5.65 Å². The third-order valence-electron chi connectivity index (χ3n) is 6.96. The zero-order valence-corrected chi connectivity index (χ0v) is 18.6. The van der Waals surface area contributed by atoms with E-state index in [1.807, 2.05) is 30.5 Å². The molecule has 2 saturated carbocycles. The van der Waals surface area contributed by atoms with Crippen LogP contribution in [0.5, 0.6) is 0 Å². The van der Waals surface area contributed by atoms with Crippen molar-refractivity contribution in [3.8, 4) is 0 Å². The molecule has 0 radical (unpaired) electrons. The summed E-state index contributed by atoms with van der Waals surface area (Å²) in [7, 11) is 0. The zero-order valence-electron chi connectivity index (χ0n) is 17.9. The maximum Gasteiger partial charge on any atom is 0.224 e. The molecule has 0 aliphatic heterocycles. The van der Waals surface area contributed by atoms with E-state index in [1.165, 1.54) is 12.8 Å². The van der Waals surface area contributed by atoms with Crippen LogP contribution in [0.25, 0.3) is 11.2 Å². The first-order chi connectivity index (χ1) is 15.1. The van der Waals surface area contributed by atoms with Crippen LogP contribution in [0.3, 0.4) is 0 Å². The summed E-state index contributed by atoms with van der Waals surface area (Å²) in [4.78, 5) is 14.3. The summed E-state index contributed by atoms with van der Waals surface area (Å²) in [6, 6.07) is 8.50. The average molecular weight is 440 g/mol. The van der Waals surface area contributed by atoms with Gasteiger partial charge in [0, 0.05) is 22.8 Å². The molecule has 0 amide bonds. The third-order valence-corrected chi connectivity index (χ3v) is 7.20. The minimum atomic E-state index is 0.333. The van der Waals surface area contributed by atoms with Crippen LogP contribution in [0.15, 0.2) is 30.5 Å². The Balaban J connectivity index is 1.51. The molecule has 31 heavy (non-hydrogen) atoms. The largest absolute Gasteiger partial charge is 0.351 e. The van der Waals surface area contributed by atoms with Crippen LogP contribution in [0, 0.1) is 11.8 Å². The highest BCUT2D eigenvalue weighted by Crippen LogP contribution is 2.37. The number of nitrogens with one attached hydrogen (secondary N) is 2. The maximum absolute atomic E-state index is 6.20. The fourth-order valence-electron chi connectivity index (χ4n) is 4.78. The second-order valence-corrected chi connectivity index (χ2v) is 9.50. The number of hydrogen-bond acceptors (Lipinski definition) is 6. The number of aromatic nitrogens is 4. The van der Waals surface area contributed by atoms with E-state index in [-0.39, 0.29) is 0 Å². The fourth-order valence-corrected chi connectivity index (χ4v) is 4.97. The Hall–Kier alpha value is -2.38. The van der Waals surface area contributed by atoms with Crippen molar-refractivity contribution in [2.24, 2.45) is 17.6 Å². The van der Waals surface area contributed by atoms with E-state index in [0.717, 1.165) is 55.0 Å². The third kappa shape index (κ3) is 4.21. The molecule has 2 aliphatic carbocycles. The summed E-state index contributed by atoms with van der Waals surface area (Å²) < 4.78 is 2.26. The summed E-state index contributed by atoms with van der Waals surface area (Å²) in [6.45, 7) is 3.04. The number of imidazole rings is 1. The SMILES string of the molecule is CC1CCC1Nc1ncc2nc(Nc3cccc(Cl)c3)n([C@H]3CC[C@H](CN)CC3)c2n1. The van der Waals surface area contributed by atoms with Gasteiger partial charge < -0.3 is 16.4 Å². The topological polar surface area (TPSA) is 93.7 Å². The van der Waals surface area contributed by atoms with Crippen LogP contribution < -0.4 is 16.4 Å². The predicted octanol–water partition coefficient (Wildman–Crippen LogP) is 5.12. The van der Waals surface area contributed by atoms with Crippen LogP contribution >= 0.6 is 11.6 Å². The summed E-state index contributed by atoms with van der Waals surface area (Å²) in [6.07, 6.45) is 8.68. The quantitative estimate of drug-likeness (QED) is 0.493. The molecular weight excluding hydrogens is 410 g/mol. The minimum Gasteiger partial charge on any atom is -0.351 e. The normalized spacial score (nSPS) is 25.9. The van der Waals surface area contributed by atoms with Crippen molar-refractivity contribution < 1.29 is 0 Å². The number of nitrogens with two attached hydrogens (primary N) is 1. The van der Waals surface area contributed by atoms with Crippen molar-refractivity contribution >= 4 is 40.3 Å². The first-order valence-corrected chi connectivity index (χ1v) is 11.7. The molecule has 5 rings (SSSR count). The lowest BCUT2D eigenvalue weighted by Gasteiger charge is -2.34. The molecule has 7 nitrogen and oxygen atoms in total. The van der Waals surface area contributed by atoms with E-state index in [2.05, 4.69) is 27.1 Å². The summed E-state index contributed by atoms with van der Waals surface area (Å²) in [5.41, 5.74) is 8.52. The zero-order chi connectivity index (χ0) is 21.4. The predicted molar refractivity (Wildman–Crippen MR) is 126 cm³/mol. The molecular formula is C23H30ClN7. The molecule has 0 spiro atoms. The number of benzene rings is 1. The van der Waals surface area contributed by atoms with E-state index in [0.29, 0.717) is 34.9 Å². The van der Waals surface area contributed by atoms with Crippen molar-refractivity contribution in [1.29, 1.82) is 0 Å². The average Bonchev–Trinajstić information content (AvgIpc) is 3.13. The molecule has 0 saturated heterocycles. The lowest BCUT2D eigenvalue weighted by Crippen LogP contribution is -2.36. The Labute approximate surface area is 187 Å². The van der Waals surface area contributed by atoms with E-state index in [9.17, 15) is 0 Å². The molecule has 4 N–H and O–H groups in total. The van der Waals surface area contributed by atoms with Gasteiger partial charge in [-0.1, -0.05) is 24.6 Å². The van der Waals surface area contributed by atoms with Crippen LogP contribution in [0.1, 0.15) is 51.5 Å². The van der Waals surface area contributed by atoms with Crippen molar-refractivity contribution in [3.63, 3.8) is 0 Å². The summed E-state index contributed by atoms with van der Waals surface area (Å²) in [5, 5.41) is 7.68. The molecule has 164 valence electrons. The lowest BCUT2D eigenvalue weighted by molar-refractivity contribution is 0.284. The molecule has 2 fully saturated rings. The Bertz CT molecular complexity index is 1060. The van der Waals surface area contributed by atoms with Crippen LogP contribution in [-0.4, -0.2) is 32.1 Å². The van der Waals surface area contributed by atoms with Gasteiger partial charge in [-0.3, -0.25) is 4.57 Å². The molecule has 1 aromatic carbocycles. The van der Waals surface area contributed by atoms with E-state index in [1.54, 1.807) is 0 Å². The molecule has 8 heteroatoms. The van der Waals surface area contributed by atoms with E-state index in [4.69, 9.17) is 27.3 Å². The maximum atomic E-state index is 6.20. The molecule has 0 bridgehead atoms. The Morgan fingerprint density at radius 2 is 1.97 bits per heavy atom. The van der Waals surface area contributed by atoms with Gasteiger partial charge in [0.25, 0.3) is 0 Å². The highest BCUT2D eigenvalue weighted by molar-refractivity contribution is 6.30. The molecule has 2 aromatic heterocycles. The van der Waals surface area contributed by atoms with E-state index < -0.39 is 0 Å². The molecule has 2 unspecified atom stereocenters. The van der Waals surface area contributed by atoms with Gasteiger partial charge in [0.2, 0.25) is 11.9 Å².